The first-order valence-corrected chi connectivity index (χ1v) is 7.34. The van der Waals surface area contributed by atoms with Crippen molar-refractivity contribution in [1.82, 2.24) is 9.80 Å². The number of rotatable bonds is 4. The van der Waals surface area contributed by atoms with Crippen LogP contribution < -0.4 is 0 Å². The lowest BCUT2D eigenvalue weighted by atomic mass is 9.94. The lowest BCUT2D eigenvalue weighted by molar-refractivity contribution is -0.148. The number of amides is 1. The molecule has 1 atom stereocenters. The van der Waals surface area contributed by atoms with Crippen molar-refractivity contribution in [3.63, 3.8) is 0 Å². The summed E-state index contributed by atoms with van der Waals surface area (Å²) in [5.74, 6) is -0.454. The third-order valence-electron chi connectivity index (χ3n) is 4.15. The number of likely N-dealkylation sites (N-methyl/N-ethyl adjacent to an activating group) is 2. The first-order chi connectivity index (χ1) is 10.3. The largest absolute Gasteiger partial charge is 0.389 e. The molecule has 0 aromatic heterocycles. The van der Waals surface area contributed by atoms with Crippen LogP contribution in [-0.4, -0.2) is 48.6 Å². The van der Waals surface area contributed by atoms with Crippen LogP contribution in [0.1, 0.15) is 24.0 Å². The van der Waals surface area contributed by atoms with Crippen LogP contribution in [-0.2, 0) is 17.8 Å². The molecule has 22 heavy (non-hydrogen) atoms. The fraction of sp³-hybridized carbons (Fsp3) is 0.562. The molecule has 0 bridgehead atoms. The summed E-state index contributed by atoms with van der Waals surface area (Å²) in [6.45, 7) is 1.24. The number of hydrogen-bond donors (Lipinski definition) is 0. The summed E-state index contributed by atoms with van der Waals surface area (Å²) < 4.78 is 36.6. The Balaban J connectivity index is 1.92. The molecular formula is C16H21F3N2O. The van der Waals surface area contributed by atoms with Crippen molar-refractivity contribution in [2.75, 3.05) is 20.6 Å². The summed E-state index contributed by atoms with van der Waals surface area (Å²) in [5.41, 5.74) is 2.52. The molecule has 122 valence electrons. The minimum atomic E-state index is -4.28. The molecule has 6 heteroatoms. The molecule has 1 aliphatic heterocycles. The molecule has 2 rings (SSSR count). The molecule has 0 unspecified atom stereocenters. The van der Waals surface area contributed by atoms with Gasteiger partial charge in [-0.05, 0) is 24.6 Å². The summed E-state index contributed by atoms with van der Waals surface area (Å²) in [7, 11) is 3.56. The summed E-state index contributed by atoms with van der Waals surface area (Å²) in [6, 6.07) is 8.27. The molecule has 0 spiro atoms. The molecule has 0 fully saturated rings. The van der Waals surface area contributed by atoms with E-state index in [1.165, 1.54) is 16.0 Å². The quantitative estimate of drug-likeness (QED) is 0.853. The molecular weight excluding hydrogens is 293 g/mol. The topological polar surface area (TPSA) is 23.6 Å². The second-order valence-electron chi connectivity index (χ2n) is 5.93. The number of carbonyl (C=O) groups is 1. The molecule has 1 aromatic rings. The van der Waals surface area contributed by atoms with Crippen LogP contribution in [0.5, 0.6) is 0 Å². The standard InChI is InChI=1S/C16H21F3N2O/c1-20-10-13-6-4-3-5-12(13)9-14(20)11-21(2)15(22)7-8-16(17,18)19/h3-6,14H,7-11H2,1-2H3/t14-/m0/s1. The maximum absolute atomic E-state index is 12.2. The van der Waals surface area contributed by atoms with E-state index in [1.54, 1.807) is 7.05 Å². The van der Waals surface area contributed by atoms with E-state index in [2.05, 4.69) is 17.0 Å². The maximum Gasteiger partial charge on any atom is 0.389 e. The number of benzene rings is 1. The Bertz CT molecular complexity index is 530. The third kappa shape index (κ3) is 4.47. The average Bonchev–Trinajstić information content (AvgIpc) is 2.44. The Kier molecular flexibility index (Phi) is 5.11. The Morgan fingerprint density at radius 1 is 1.32 bits per heavy atom. The first-order valence-electron chi connectivity index (χ1n) is 7.34. The van der Waals surface area contributed by atoms with Gasteiger partial charge in [0.2, 0.25) is 5.91 Å². The van der Waals surface area contributed by atoms with Crippen molar-refractivity contribution in [3.8, 4) is 0 Å². The predicted octanol–water partition coefficient (Wildman–Crippen LogP) is 2.84. The van der Waals surface area contributed by atoms with Crippen LogP contribution in [0.4, 0.5) is 13.2 Å². The van der Waals surface area contributed by atoms with Crippen LogP contribution in [0.2, 0.25) is 0 Å². The van der Waals surface area contributed by atoms with Crippen LogP contribution >= 0.6 is 0 Å². The van der Waals surface area contributed by atoms with E-state index < -0.39 is 24.9 Å². The van der Waals surface area contributed by atoms with Crippen molar-refractivity contribution < 1.29 is 18.0 Å². The van der Waals surface area contributed by atoms with Crippen LogP contribution in [0.25, 0.3) is 0 Å². The fourth-order valence-electron chi connectivity index (χ4n) is 2.78. The second-order valence-corrected chi connectivity index (χ2v) is 5.93. The van der Waals surface area contributed by atoms with E-state index in [4.69, 9.17) is 0 Å². The average molecular weight is 314 g/mol. The fourth-order valence-corrected chi connectivity index (χ4v) is 2.78. The SMILES string of the molecule is CN(C[C@@H]1Cc2ccccc2CN1C)C(=O)CCC(F)(F)F. The molecule has 0 saturated heterocycles. The number of fused-ring (bicyclic) bond motifs is 1. The minimum absolute atomic E-state index is 0.134. The maximum atomic E-state index is 12.2. The van der Waals surface area contributed by atoms with Gasteiger partial charge < -0.3 is 4.90 Å². The zero-order valence-electron chi connectivity index (χ0n) is 12.9. The monoisotopic (exact) mass is 314 g/mol. The number of nitrogens with zero attached hydrogens (tertiary/aromatic N) is 2. The van der Waals surface area contributed by atoms with Crippen molar-refractivity contribution in [2.45, 2.75) is 38.0 Å². The molecule has 1 aromatic carbocycles. The van der Waals surface area contributed by atoms with E-state index in [9.17, 15) is 18.0 Å². The highest BCUT2D eigenvalue weighted by Gasteiger charge is 2.30. The molecule has 0 radical (unpaired) electrons. The molecule has 1 aliphatic rings. The van der Waals surface area contributed by atoms with Gasteiger partial charge in [-0.1, -0.05) is 24.3 Å². The van der Waals surface area contributed by atoms with Gasteiger partial charge in [-0.25, -0.2) is 0 Å². The van der Waals surface area contributed by atoms with Gasteiger partial charge in [0.25, 0.3) is 0 Å². The van der Waals surface area contributed by atoms with Gasteiger partial charge in [0.15, 0.2) is 0 Å². The van der Waals surface area contributed by atoms with E-state index >= 15 is 0 Å². The van der Waals surface area contributed by atoms with Crippen molar-refractivity contribution in [3.05, 3.63) is 35.4 Å². The van der Waals surface area contributed by atoms with Gasteiger partial charge in [-0.2, -0.15) is 13.2 Å². The number of hydrogen-bond acceptors (Lipinski definition) is 2. The Labute approximate surface area is 128 Å². The third-order valence-corrected chi connectivity index (χ3v) is 4.15. The van der Waals surface area contributed by atoms with Gasteiger partial charge in [0, 0.05) is 32.6 Å². The number of carbonyl (C=O) groups excluding carboxylic acids is 1. The molecule has 1 heterocycles. The van der Waals surface area contributed by atoms with E-state index in [0.717, 1.165) is 13.0 Å². The van der Waals surface area contributed by atoms with Crippen molar-refractivity contribution in [2.24, 2.45) is 0 Å². The van der Waals surface area contributed by atoms with Crippen molar-refractivity contribution in [1.29, 1.82) is 0 Å². The summed E-state index contributed by atoms with van der Waals surface area (Å²) in [4.78, 5) is 15.4. The number of alkyl halides is 3. The number of halogens is 3. The Morgan fingerprint density at radius 2 is 1.95 bits per heavy atom. The summed E-state index contributed by atoms with van der Waals surface area (Å²) >= 11 is 0. The second kappa shape index (κ2) is 6.69. The van der Waals surface area contributed by atoms with Crippen LogP contribution in [0.15, 0.2) is 24.3 Å². The van der Waals surface area contributed by atoms with E-state index in [1.807, 2.05) is 19.2 Å². The van der Waals surface area contributed by atoms with Gasteiger partial charge in [0.05, 0.1) is 6.42 Å². The zero-order chi connectivity index (χ0) is 16.3. The minimum Gasteiger partial charge on any atom is -0.344 e. The Morgan fingerprint density at radius 3 is 2.59 bits per heavy atom. The predicted molar refractivity (Wildman–Crippen MR) is 78.3 cm³/mol. The van der Waals surface area contributed by atoms with Gasteiger partial charge in [-0.15, -0.1) is 0 Å². The Hall–Kier alpha value is -1.56. The first kappa shape index (κ1) is 16.8. The summed E-state index contributed by atoms with van der Waals surface area (Å²) in [5, 5.41) is 0. The van der Waals surface area contributed by atoms with Gasteiger partial charge >= 0.3 is 6.18 Å². The highest BCUT2D eigenvalue weighted by atomic mass is 19.4. The van der Waals surface area contributed by atoms with Crippen LogP contribution in [0.3, 0.4) is 0 Å². The normalized spacial score (nSPS) is 18.9. The lowest BCUT2D eigenvalue weighted by Gasteiger charge is -2.36. The van der Waals surface area contributed by atoms with Gasteiger partial charge in [-0.3, -0.25) is 9.69 Å². The highest BCUT2D eigenvalue weighted by Crippen LogP contribution is 2.24. The van der Waals surface area contributed by atoms with Crippen molar-refractivity contribution >= 4 is 5.91 Å². The smallest absolute Gasteiger partial charge is 0.344 e. The van der Waals surface area contributed by atoms with Gasteiger partial charge in [0.1, 0.15) is 0 Å². The van der Waals surface area contributed by atoms with E-state index in [-0.39, 0.29) is 6.04 Å². The molecule has 1 amide bonds. The van der Waals surface area contributed by atoms with Crippen LogP contribution in [0, 0.1) is 0 Å². The molecule has 3 nitrogen and oxygen atoms in total. The lowest BCUT2D eigenvalue weighted by Crippen LogP contribution is -2.46. The molecule has 0 saturated carbocycles. The summed E-state index contributed by atoms with van der Waals surface area (Å²) in [6.07, 6.45) is -5.01. The molecule has 0 N–H and O–H groups in total. The molecule has 0 aliphatic carbocycles. The zero-order valence-corrected chi connectivity index (χ0v) is 12.9. The highest BCUT2D eigenvalue weighted by molar-refractivity contribution is 5.75. The van der Waals surface area contributed by atoms with E-state index in [0.29, 0.717) is 6.54 Å².